The maximum Gasteiger partial charge on any atom is 0.239 e. The van der Waals surface area contributed by atoms with Crippen molar-refractivity contribution in [2.45, 2.75) is 51.7 Å². The van der Waals surface area contributed by atoms with Crippen molar-refractivity contribution in [3.05, 3.63) is 0 Å². The van der Waals surface area contributed by atoms with Crippen LogP contribution in [0.2, 0.25) is 0 Å². The maximum atomic E-state index is 12.0. The zero-order valence-electron chi connectivity index (χ0n) is 10.9. The van der Waals surface area contributed by atoms with Crippen LogP contribution in [-0.4, -0.2) is 54.0 Å². The fourth-order valence-corrected chi connectivity index (χ4v) is 2.25. The third-order valence-corrected chi connectivity index (χ3v) is 3.37. The van der Waals surface area contributed by atoms with Crippen LogP contribution in [0.3, 0.4) is 0 Å². The Morgan fingerprint density at radius 3 is 2.50 bits per heavy atom. The number of hydrogen-bond donors (Lipinski definition) is 1. The summed E-state index contributed by atoms with van der Waals surface area (Å²) in [5.41, 5.74) is 5.68. The summed E-state index contributed by atoms with van der Waals surface area (Å²) in [6.07, 6.45) is 2.42. The number of rotatable bonds is 4. The number of hydrogen-bond acceptors (Lipinski definition) is 3. The molecule has 94 valence electrons. The molecule has 1 amide bonds. The SMILES string of the molecule is CC(C)N(C[C@H]1CCCN1C)C(=O)[C@H](C)N. The summed E-state index contributed by atoms with van der Waals surface area (Å²) >= 11 is 0. The monoisotopic (exact) mass is 227 g/mol. The molecule has 2 N–H and O–H groups in total. The largest absolute Gasteiger partial charge is 0.337 e. The van der Waals surface area contributed by atoms with Crippen molar-refractivity contribution in [1.29, 1.82) is 0 Å². The average molecular weight is 227 g/mol. The van der Waals surface area contributed by atoms with Gasteiger partial charge >= 0.3 is 0 Å². The van der Waals surface area contributed by atoms with Gasteiger partial charge in [0.15, 0.2) is 0 Å². The second-order valence-electron chi connectivity index (χ2n) is 5.15. The van der Waals surface area contributed by atoms with E-state index in [0.717, 1.165) is 13.1 Å². The summed E-state index contributed by atoms with van der Waals surface area (Å²) in [6.45, 7) is 7.82. The van der Waals surface area contributed by atoms with Gasteiger partial charge in [-0.25, -0.2) is 0 Å². The van der Waals surface area contributed by atoms with Gasteiger partial charge in [-0.3, -0.25) is 4.79 Å². The Morgan fingerprint density at radius 1 is 1.50 bits per heavy atom. The zero-order chi connectivity index (χ0) is 12.3. The van der Waals surface area contributed by atoms with E-state index >= 15 is 0 Å². The first-order valence-electron chi connectivity index (χ1n) is 6.19. The van der Waals surface area contributed by atoms with Crippen molar-refractivity contribution in [2.24, 2.45) is 5.73 Å². The lowest BCUT2D eigenvalue weighted by Gasteiger charge is -2.33. The smallest absolute Gasteiger partial charge is 0.239 e. The van der Waals surface area contributed by atoms with Crippen molar-refractivity contribution in [3.63, 3.8) is 0 Å². The predicted octanol–water partition coefficient (Wildman–Crippen LogP) is 0.665. The van der Waals surface area contributed by atoms with E-state index < -0.39 is 6.04 Å². The van der Waals surface area contributed by atoms with Crippen molar-refractivity contribution in [2.75, 3.05) is 20.1 Å². The van der Waals surface area contributed by atoms with Crippen molar-refractivity contribution >= 4 is 5.91 Å². The maximum absolute atomic E-state index is 12.0. The van der Waals surface area contributed by atoms with Gasteiger partial charge in [0.25, 0.3) is 0 Å². The molecule has 1 aliphatic rings. The Hall–Kier alpha value is -0.610. The molecule has 1 saturated heterocycles. The lowest BCUT2D eigenvalue weighted by molar-refractivity contribution is -0.134. The van der Waals surface area contributed by atoms with E-state index in [0.29, 0.717) is 6.04 Å². The highest BCUT2D eigenvalue weighted by Crippen LogP contribution is 2.17. The number of likely N-dealkylation sites (N-methyl/N-ethyl adjacent to an activating group) is 1. The molecule has 1 aliphatic heterocycles. The Labute approximate surface area is 98.8 Å². The summed E-state index contributed by atoms with van der Waals surface area (Å²) in [6, 6.07) is 0.340. The summed E-state index contributed by atoms with van der Waals surface area (Å²) < 4.78 is 0. The van der Waals surface area contributed by atoms with Crippen LogP contribution in [0.1, 0.15) is 33.6 Å². The molecule has 2 atom stereocenters. The number of likely N-dealkylation sites (tertiary alicyclic amines) is 1. The first kappa shape index (κ1) is 13.5. The molecule has 0 saturated carbocycles. The van der Waals surface area contributed by atoms with Crippen LogP contribution in [0.15, 0.2) is 0 Å². The zero-order valence-corrected chi connectivity index (χ0v) is 10.9. The Balaban J connectivity index is 2.61. The quantitative estimate of drug-likeness (QED) is 0.768. The number of carbonyl (C=O) groups excluding carboxylic acids is 1. The van der Waals surface area contributed by atoms with Crippen molar-refractivity contribution in [3.8, 4) is 0 Å². The molecule has 4 nitrogen and oxygen atoms in total. The minimum atomic E-state index is -0.394. The fraction of sp³-hybridized carbons (Fsp3) is 0.917. The van der Waals surface area contributed by atoms with E-state index in [2.05, 4.69) is 25.8 Å². The molecule has 1 rings (SSSR count). The lowest BCUT2D eigenvalue weighted by atomic mass is 10.1. The second kappa shape index (κ2) is 5.64. The summed E-state index contributed by atoms with van der Waals surface area (Å²) in [5.74, 6) is 0.0651. The van der Waals surface area contributed by atoms with Gasteiger partial charge in [0.05, 0.1) is 6.04 Å². The fourth-order valence-electron chi connectivity index (χ4n) is 2.25. The van der Waals surface area contributed by atoms with Gasteiger partial charge in [0.2, 0.25) is 5.91 Å². The molecule has 0 unspecified atom stereocenters. The first-order chi connectivity index (χ1) is 7.43. The van der Waals surface area contributed by atoms with Crippen LogP contribution in [-0.2, 0) is 4.79 Å². The molecule has 0 bridgehead atoms. The number of nitrogens with two attached hydrogens (primary N) is 1. The molecule has 16 heavy (non-hydrogen) atoms. The van der Waals surface area contributed by atoms with E-state index in [1.807, 2.05) is 4.90 Å². The van der Waals surface area contributed by atoms with Gasteiger partial charge in [-0.15, -0.1) is 0 Å². The molecule has 4 heteroatoms. The molecule has 1 fully saturated rings. The number of nitrogens with zero attached hydrogens (tertiary/aromatic N) is 2. The third-order valence-electron chi connectivity index (χ3n) is 3.37. The van der Waals surface area contributed by atoms with Gasteiger partial charge in [-0.1, -0.05) is 0 Å². The van der Waals surface area contributed by atoms with Crippen molar-refractivity contribution < 1.29 is 4.79 Å². The van der Waals surface area contributed by atoms with Crippen LogP contribution in [0.4, 0.5) is 0 Å². The molecule has 0 aromatic heterocycles. The average Bonchev–Trinajstić information content (AvgIpc) is 2.59. The lowest BCUT2D eigenvalue weighted by Crippen LogP contribution is -2.50. The minimum Gasteiger partial charge on any atom is -0.337 e. The van der Waals surface area contributed by atoms with Crippen LogP contribution in [0.25, 0.3) is 0 Å². The molecular weight excluding hydrogens is 202 g/mol. The minimum absolute atomic E-state index is 0.0651. The number of carbonyl (C=O) groups is 1. The molecular formula is C12H25N3O. The first-order valence-corrected chi connectivity index (χ1v) is 6.19. The normalized spacial score (nSPS) is 23.8. The predicted molar refractivity (Wildman–Crippen MR) is 66.2 cm³/mol. The highest BCUT2D eigenvalue weighted by atomic mass is 16.2. The van der Waals surface area contributed by atoms with Crippen LogP contribution in [0, 0.1) is 0 Å². The number of amides is 1. The van der Waals surface area contributed by atoms with Crippen molar-refractivity contribution in [1.82, 2.24) is 9.80 Å². The van der Waals surface area contributed by atoms with E-state index in [4.69, 9.17) is 5.73 Å². The molecule has 0 aromatic rings. The van der Waals surface area contributed by atoms with Gasteiger partial charge in [-0.05, 0) is 47.2 Å². The Kier molecular flexibility index (Phi) is 4.74. The molecule has 0 spiro atoms. The van der Waals surface area contributed by atoms with Gasteiger partial charge in [-0.2, -0.15) is 0 Å². The van der Waals surface area contributed by atoms with Gasteiger partial charge in [0, 0.05) is 18.6 Å². The Morgan fingerprint density at radius 2 is 2.12 bits per heavy atom. The van der Waals surface area contributed by atoms with Gasteiger partial charge < -0.3 is 15.5 Å². The molecule has 0 aromatic carbocycles. The molecule has 0 radical (unpaired) electrons. The second-order valence-corrected chi connectivity index (χ2v) is 5.15. The highest BCUT2D eigenvalue weighted by Gasteiger charge is 2.28. The van der Waals surface area contributed by atoms with E-state index in [1.165, 1.54) is 12.8 Å². The summed E-state index contributed by atoms with van der Waals surface area (Å²) in [4.78, 5) is 16.2. The van der Waals surface area contributed by atoms with Crippen LogP contribution in [0.5, 0.6) is 0 Å². The standard InChI is InChI=1S/C12H25N3O/c1-9(2)15(12(16)10(3)13)8-11-6-5-7-14(11)4/h9-11H,5-8,13H2,1-4H3/t10-,11+/m0/s1. The Bertz CT molecular complexity index is 240. The van der Waals surface area contributed by atoms with Gasteiger partial charge in [0.1, 0.15) is 0 Å². The van der Waals surface area contributed by atoms with E-state index in [-0.39, 0.29) is 11.9 Å². The molecule has 1 heterocycles. The van der Waals surface area contributed by atoms with Crippen LogP contribution < -0.4 is 5.73 Å². The topological polar surface area (TPSA) is 49.6 Å². The van der Waals surface area contributed by atoms with Crippen LogP contribution >= 0.6 is 0 Å². The van der Waals surface area contributed by atoms with E-state index in [9.17, 15) is 4.79 Å². The summed E-state index contributed by atoms with van der Waals surface area (Å²) in [5, 5.41) is 0. The third kappa shape index (κ3) is 3.19. The summed E-state index contributed by atoms with van der Waals surface area (Å²) in [7, 11) is 2.13. The van der Waals surface area contributed by atoms with E-state index in [1.54, 1.807) is 6.92 Å². The molecule has 0 aliphatic carbocycles. The highest BCUT2D eigenvalue weighted by molar-refractivity contribution is 5.81.